The molecule has 0 bridgehead atoms. The molecule has 186 valence electrons. The number of carbonyl (C=O) groups is 1. The molecule has 0 radical (unpaired) electrons. The van der Waals surface area contributed by atoms with Gasteiger partial charge >= 0.3 is 0 Å². The molecule has 0 atom stereocenters. The minimum Gasteiger partial charge on any atom is -0.490 e. The Labute approximate surface area is 210 Å². The maximum atomic E-state index is 12.7. The highest BCUT2D eigenvalue weighted by Crippen LogP contribution is 2.23. The topological polar surface area (TPSA) is 131 Å². The van der Waals surface area contributed by atoms with E-state index in [0.29, 0.717) is 22.8 Å². The number of benzene rings is 1. The number of nitrogens with zero attached hydrogens (tertiary/aromatic N) is 6. The van der Waals surface area contributed by atoms with Gasteiger partial charge in [0.05, 0.1) is 17.7 Å². The summed E-state index contributed by atoms with van der Waals surface area (Å²) in [5, 5.41) is 2.89. The molecule has 10 heteroatoms. The average molecular weight is 487 g/mol. The van der Waals surface area contributed by atoms with Crippen LogP contribution >= 0.6 is 0 Å². The number of hydrogen-bond acceptors (Lipinski definition) is 7. The molecule has 3 N–H and O–H groups in total. The summed E-state index contributed by atoms with van der Waals surface area (Å²) in [5.41, 5.74) is 8.11. The number of amides is 1. The number of aromatic nitrogens is 3. The highest BCUT2D eigenvalue weighted by Gasteiger charge is 2.22. The number of piperidine rings is 1. The normalized spacial score (nSPS) is 14.4. The molecule has 1 fully saturated rings. The molecule has 1 saturated heterocycles. The zero-order chi connectivity index (χ0) is 25.3. The van der Waals surface area contributed by atoms with Crippen molar-refractivity contribution in [2.24, 2.45) is 15.7 Å². The molecule has 2 aromatic heterocycles. The third kappa shape index (κ3) is 6.41. The second kappa shape index (κ2) is 11.9. The Hall–Kier alpha value is -4.34. The van der Waals surface area contributed by atoms with E-state index in [2.05, 4.69) is 42.1 Å². The SMILES string of the molecule is CCc1cnc(N2CCC(Oc3ccc(C(=O)Nc4ccc(N=CN=CN)nc4C)cc3)CC2)nc1. The summed E-state index contributed by atoms with van der Waals surface area (Å²) in [6.45, 7) is 5.58. The van der Waals surface area contributed by atoms with Gasteiger partial charge in [-0.15, -0.1) is 0 Å². The van der Waals surface area contributed by atoms with Crippen LogP contribution in [-0.4, -0.2) is 52.7 Å². The highest BCUT2D eigenvalue weighted by molar-refractivity contribution is 6.04. The van der Waals surface area contributed by atoms with Crippen LogP contribution < -0.4 is 20.7 Å². The van der Waals surface area contributed by atoms with Crippen LogP contribution in [0.25, 0.3) is 0 Å². The number of pyridine rings is 1. The van der Waals surface area contributed by atoms with Crippen molar-refractivity contribution in [3.8, 4) is 5.75 Å². The van der Waals surface area contributed by atoms with Gasteiger partial charge in [0.2, 0.25) is 5.95 Å². The van der Waals surface area contributed by atoms with Gasteiger partial charge in [-0.1, -0.05) is 6.92 Å². The Morgan fingerprint density at radius 1 is 1.17 bits per heavy atom. The molecule has 0 spiro atoms. The Kier molecular flexibility index (Phi) is 8.17. The third-order valence-corrected chi connectivity index (χ3v) is 5.91. The zero-order valence-corrected chi connectivity index (χ0v) is 20.5. The summed E-state index contributed by atoms with van der Waals surface area (Å²) >= 11 is 0. The predicted molar refractivity (Wildman–Crippen MR) is 141 cm³/mol. The van der Waals surface area contributed by atoms with Crippen LogP contribution in [0.2, 0.25) is 0 Å². The van der Waals surface area contributed by atoms with Crippen LogP contribution in [0.1, 0.15) is 41.4 Å². The van der Waals surface area contributed by atoms with Gasteiger partial charge in [0.15, 0.2) is 5.82 Å². The number of hydrogen-bond donors (Lipinski definition) is 2. The van der Waals surface area contributed by atoms with E-state index in [-0.39, 0.29) is 12.0 Å². The van der Waals surface area contributed by atoms with Gasteiger partial charge in [-0.05, 0) is 55.3 Å². The minimum atomic E-state index is -0.224. The monoisotopic (exact) mass is 486 g/mol. The molecule has 0 unspecified atom stereocenters. The standard InChI is InChI=1S/C26H30N8O2/c1-3-19-14-29-26(30-15-19)34-12-10-22(11-13-34)36-21-6-4-20(5-7-21)25(35)33-23-8-9-24(32-18(23)2)31-17-28-16-27/h4-9,14-17,22H,3,10-13H2,1-2H3,(H,33,35)(H2,27,28,31,32). The lowest BCUT2D eigenvalue weighted by Crippen LogP contribution is -2.39. The average Bonchev–Trinajstić information content (AvgIpc) is 2.91. The zero-order valence-electron chi connectivity index (χ0n) is 20.5. The first-order valence-corrected chi connectivity index (χ1v) is 11.9. The van der Waals surface area contributed by atoms with Gasteiger partial charge in [-0.3, -0.25) is 4.79 Å². The summed E-state index contributed by atoms with van der Waals surface area (Å²) in [4.78, 5) is 36.0. The number of ether oxygens (including phenoxy) is 1. The summed E-state index contributed by atoms with van der Waals surface area (Å²) in [6, 6.07) is 10.6. The summed E-state index contributed by atoms with van der Waals surface area (Å²) in [5.74, 6) is 1.77. The van der Waals surface area contributed by atoms with E-state index in [1.54, 1.807) is 31.2 Å². The van der Waals surface area contributed by atoms with Crippen molar-refractivity contribution in [3.05, 3.63) is 65.6 Å². The lowest BCUT2D eigenvalue weighted by Gasteiger charge is -2.32. The van der Waals surface area contributed by atoms with Crippen molar-refractivity contribution in [2.75, 3.05) is 23.3 Å². The van der Waals surface area contributed by atoms with Crippen molar-refractivity contribution in [1.29, 1.82) is 0 Å². The Bertz CT molecular complexity index is 1220. The fourth-order valence-electron chi connectivity index (χ4n) is 3.82. The van der Waals surface area contributed by atoms with E-state index in [1.807, 2.05) is 24.5 Å². The van der Waals surface area contributed by atoms with Gasteiger partial charge in [0, 0.05) is 43.9 Å². The summed E-state index contributed by atoms with van der Waals surface area (Å²) in [6.07, 6.45) is 9.05. The molecule has 1 amide bonds. The molecule has 36 heavy (non-hydrogen) atoms. The molecule has 3 heterocycles. The van der Waals surface area contributed by atoms with E-state index in [4.69, 9.17) is 10.5 Å². The van der Waals surface area contributed by atoms with E-state index in [1.165, 1.54) is 6.34 Å². The van der Waals surface area contributed by atoms with Crippen molar-refractivity contribution < 1.29 is 9.53 Å². The molecule has 1 aliphatic heterocycles. The first-order valence-electron chi connectivity index (χ1n) is 11.9. The second-order valence-electron chi connectivity index (χ2n) is 8.37. The Balaban J connectivity index is 1.28. The van der Waals surface area contributed by atoms with Crippen molar-refractivity contribution >= 4 is 36.0 Å². The highest BCUT2D eigenvalue weighted by atomic mass is 16.5. The van der Waals surface area contributed by atoms with E-state index in [9.17, 15) is 4.79 Å². The number of aliphatic imine (C=N–C) groups is 2. The second-order valence-corrected chi connectivity index (χ2v) is 8.37. The molecule has 1 aromatic carbocycles. The van der Waals surface area contributed by atoms with E-state index >= 15 is 0 Å². The summed E-state index contributed by atoms with van der Waals surface area (Å²) in [7, 11) is 0. The minimum absolute atomic E-state index is 0.112. The number of rotatable bonds is 8. The fraction of sp³-hybridized carbons (Fsp3) is 0.308. The largest absolute Gasteiger partial charge is 0.490 e. The molecule has 0 saturated carbocycles. The quantitative estimate of drug-likeness (QED) is 0.367. The maximum absolute atomic E-state index is 12.7. The van der Waals surface area contributed by atoms with Crippen LogP contribution in [0.4, 0.5) is 17.5 Å². The van der Waals surface area contributed by atoms with Crippen LogP contribution in [0.3, 0.4) is 0 Å². The number of aryl methyl sites for hydroxylation is 2. The van der Waals surface area contributed by atoms with Crippen LogP contribution in [0.15, 0.2) is 58.8 Å². The number of nitrogens with two attached hydrogens (primary N) is 1. The fourth-order valence-corrected chi connectivity index (χ4v) is 3.82. The van der Waals surface area contributed by atoms with E-state index < -0.39 is 0 Å². The number of nitrogens with one attached hydrogen (secondary N) is 1. The molecule has 10 nitrogen and oxygen atoms in total. The molecule has 4 rings (SSSR count). The van der Waals surface area contributed by atoms with Crippen molar-refractivity contribution in [2.45, 2.75) is 39.2 Å². The lowest BCUT2D eigenvalue weighted by molar-refractivity contribution is 0.102. The van der Waals surface area contributed by atoms with Crippen molar-refractivity contribution in [1.82, 2.24) is 15.0 Å². The Morgan fingerprint density at radius 2 is 1.89 bits per heavy atom. The van der Waals surface area contributed by atoms with Crippen LogP contribution in [-0.2, 0) is 6.42 Å². The first kappa shape index (κ1) is 24.8. The molecule has 0 aliphatic carbocycles. The smallest absolute Gasteiger partial charge is 0.255 e. The molecular formula is C26H30N8O2. The predicted octanol–water partition coefficient (Wildman–Crippen LogP) is 3.69. The lowest BCUT2D eigenvalue weighted by atomic mass is 10.1. The van der Waals surface area contributed by atoms with Crippen molar-refractivity contribution in [3.63, 3.8) is 0 Å². The van der Waals surface area contributed by atoms with Crippen LogP contribution in [0, 0.1) is 6.92 Å². The molecule has 1 aliphatic rings. The van der Waals surface area contributed by atoms with Gasteiger partial charge in [-0.25, -0.2) is 24.9 Å². The van der Waals surface area contributed by atoms with Gasteiger partial charge in [-0.2, -0.15) is 0 Å². The summed E-state index contributed by atoms with van der Waals surface area (Å²) < 4.78 is 6.16. The van der Waals surface area contributed by atoms with Gasteiger partial charge in [0.1, 0.15) is 18.2 Å². The molecular weight excluding hydrogens is 456 g/mol. The number of carbonyl (C=O) groups excluding carboxylic acids is 1. The van der Waals surface area contributed by atoms with Crippen LogP contribution in [0.5, 0.6) is 5.75 Å². The van der Waals surface area contributed by atoms with Gasteiger partial charge in [0.25, 0.3) is 5.91 Å². The number of anilines is 2. The van der Waals surface area contributed by atoms with E-state index in [0.717, 1.165) is 56.0 Å². The third-order valence-electron chi connectivity index (χ3n) is 5.91. The molecule has 3 aromatic rings. The first-order chi connectivity index (χ1) is 17.6. The Morgan fingerprint density at radius 3 is 2.53 bits per heavy atom. The maximum Gasteiger partial charge on any atom is 0.255 e. The van der Waals surface area contributed by atoms with Gasteiger partial charge < -0.3 is 20.7 Å².